The number of benzene rings is 2. The first-order valence-electron chi connectivity index (χ1n) is 7.61. The third-order valence-electron chi connectivity index (χ3n) is 4.16. The first-order chi connectivity index (χ1) is 10.6. The maximum Gasteiger partial charge on any atom is 0.243 e. The number of nitrogens with zero attached hydrogens (tertiary/aromatic N) is 1. The lowest BCUT2D eigenvalue weighted by atomic mass is 10.1. The number of nitrogens with one attached hydrogen (secondary N) is 1. The van der Waals surface area contributed by atoms with E-state index in [1.807, 2.05) is 49.4 Å². The molecule has 1 N–H and O–H groups in total. The highest BCUT2D eigenvalue weighted by molar-refractivity contribution is 5.99. The molecule has 3 heteroatoms. The van der Waals surface area contributed by atoms with Crippen LogP contribution in [0.4, 0.5) is 0 Å². The van der Waals surface area contributed by atoms with Gasteiger partial charge in [0.05, 0.1) is 5.71 Å². The Morgan fingerprint density at radius 3 is 2.45 bits per heavy atom. The number of carbonyl (C=O) groups excluding carboxylic acids is 1. The molecular formula is C19H20N2O. The number of rotatable bonds is 4. The Balaban J connectivity index is 1.59. The van der Waals surface area contributed by atoms with Gasteiger partial charge in [-0.25, -0.2) is 5.43 Å². The third kappa shape index (κ3) is 3.25. The molecule has 2 aromatic rings. The molecule has 0 heterocycles. The van der Waals surface area contributed by atoms with Crippen molar-refractivity contribution in [2.75, 3.05) is 0 Å². The van der Waals surface area contributed by atoms with Gasteiger partial charge >= 0.3 is 0 Å². The van der Waals surface area contributed by atoms with Crippen LogP contribution >= 0.6 is 0 Å². The fraction of sp³-hybridized carbons (Fsp3) is 0.263. The highest BCUT2D eigenvalue weighted by Gasteiger charge is 2.43. The lowest BCUT2D eigenvalue weighted by Gasteiger charge is -2.03. The smallest absolute Gasteiger partial charge is 0.243 e. The SMILES string of the molecule is C/C(=N/NC(=O)[C@H]1C[C@H]1c1ccccc1)c1ccc(C)cc1. The second-order valence-electron chi connectivity index (χ2n) is 5.90. The van der Waals surface area contributed by atoms with Crippen molar-refractivity contribution in [3.8, 4) is 0 Å². The van der Waals surface area contributed by atoms with Gasteiger partial charge in [-0.2, -0.15) is 5.10 Å². The van der Waals surface area contributed by atoms with Gasteiger partial charge in [-0.15, -0.1) is 0 Å². The molecule has 0 unspecified atom stereocenters. The number of amides is 1. The van der Waals surface area contributed by atoms with Crippen LogP contribution < -0.4 is 5.43 Å². The highest BCUT2D eigenvalue weighted by Crippen LogP contribution is 2.47. The molecule has 0 radical (unpaired) electrons. The Morgan fingerprint density at radius 2 is 1.77 bits per heavy atom. The predicted molar refractivity (Wildman–Crippen MR) is 88.8 cm³/mol. The van der Waals surface area contributed by atoms with Gasteiger partial charge in [-0.05, 0) is 37.3 Å². The van der Waals surface area contributed by atoms with E-state index in [1.165, 1.54) is 11.1 Å². The van der Waals surface area contributed by atoms with Gasteiger partial charge in [0.15, 0.2) is 0 Å². The summed E-state index contributed by atoms with van der Waals surface area (Å²) in [5.74, 6) is 0.411. The molecule has 3 nitrogen and oxygen atoms in total. The average molecular weight is 292 g/mol. The standard InChI is InChI=1S/C19H20N2O/c1-13-8-10-15(11-9-13)14(2)20-21-19(22)18-12-17(18)16-6-4-3-5-7-16/h3-11,17-18H,12H2,1-2H3,(H,21,22)/b20-14-/t17-,18-/m0/s1. The van der Waals surface area contributed by atoms with Gasteiger partial charge in [-0.1, -0.05) is 60.2 Å². The number of hydrogen-bond acceptors (Lipinski definition) is 2. The van der Waals surface area contributed by atoms with E-state index in [-0.39, 0.29) is 11.8 Å². The van der Waals surface area contributed by atoms with Gasteiger partial charge in [0.25, 0.3) is 0 Å². The molecule has 2 atom stereocenters. The quantitative estimate of drug-likeness (QED) is 0.678. The number of aryl methyl sites for hydroxylation is 1. The summed E-state index contributed by atoms with van der Waals surface area (Å²) in [7, 11) is 0. The lowest BCUT2D eigenvalue weighted by Crippen LogP contribution is -2.21. The lowest BCUT2D eigenvalue weighted by molar-refractivity contribution is -0.122. The molecule has 1 fully saturated rings. The van der Waals surface area contributed by atoms with Crippen molar-refractivity contribution in [3.05, 3.63) is 71.3 Å². The first kappa shape index (κ1) is 14.5. The van der Waals surface area contributed by atoms with E-state index in [9.17, 15) is 4.79 Å². The van der Waals surface area contributed by atoms with Crippen molar-refractivity contribution in [1.29, 1.82) is 0 Å². The molecule has 22 heavy (non-hydrogen) atoms. The van der Waals surface area contributed by atoms with Crippen LogP contribution in [0.25, 0.3) is 0 Å². The van der Waals surface area contributed by atoms with Gasteiger partial charge in [0, 0.05) is 5.92 Å². The van der Waals surface area contributed by atoms with Gasteiger partial charge in [0.1, 0.15) is 0 Å². The molecule has 3 rings (SSSR count). The summed E-state index contributed by atoms with van der Waals surface area (Å²) in [4.78, 5) is 12.2. The second kappa shape index (κ2) is 6.14. The van der Waals surface area contributed by atoms with Gasteiger partial charge < -0.3 is 0 Å². The number of hydrazone groups is 1. The second-order valence-corrected chi connectivity index (χ2v) is 5.90. The molecular weight excluding hydrogens is 272 g/mol. The molecule has 112 valence electrons. The van der Waals surface area contributed by atoms with Crippen molar-refractivity contribution < 1.29 is 4.79 Å². The number of hydrogen-bond donors (Lipinski definition) is 1. The fourth-order valence-electron chi connectivity index (χ4n) is 2.63. The zero-order valence-electron chi connectivity index (χ0n) is 12.9. The minimum Gasteiger partial charge on any atom is -0.273 e. The Kier molecular flexibility index (Phi) is 4.05. The molecule has 0 saturated heterocycles. The van der Waals surface area contributed by atoms with Crippen LogP contribution in [0.3, 0.4) is 0 Å². The van der Waals surface area contributed by atoms with E-state index in [4.69, 9.17) is 0 Å². The van der Waals surface area contributed by atoms with E-state index in [0.29, 0.717) is 5.92 Å². The molecule has 1 amide bonds. The molecule has 0 aliphatic heterocycles. The average Bonchev–Trinajstić information content (AvgIpc) is 3.34. The zero-order chi connectivity index (χ0) is 15.5. The van der Waals surface area contributed by atoms with Crippen molar-refractivity contribution in [2.24, 2.45) is 11.0 Å². The molecule has 2 aromatic carbocycles. The molecule has 1 aliphatic carbocycles. The topological polar surface area (TPSA) is 41.5 Å². The predicted octanol–water partition coefficient (Wildman–Crippen LogP) is 3.64. The Hall–Kier alpha value is -2.42. The van der Waals surface area contributed by atoms with Crippen LogP contribution in [-0.2, 0) is 4.79 Å². The minimum absolute atomic E-state index is 0.0142. The van der Waals surface area contributed by atoms with Crippen LogP contribution in [0.1, 0.15) is 36.0 Å². The molecule has 0 spiro atoms. The van der Waals surface area contributed by atoms with E-state index in [1.54, 1.807) is 0 Å². The summed E-state index contributed by atoms with van der Waals surface area (Å²) in [5, 5.41) is 4.23. The van der Waals surface area contributed by atoms with Crippen LogP contribution in [0, 0.1) is 12.8 Å². The van der Waals surface area contributed by atoms with Crippen LogP contribution in [0.2, 0.25) is 0 Å². The Morgan fingerprint density at radius 1 is 1.09 bits per heavy atom. The van der Waals surface area contributed by atoms with Crippen molar-refractivity contribution in [3.63, 3.8) is 0 Å². The van der Waals surface area contributed by atoms with E-state index >= 15 is 0 Å². The molecule has 1 aliphatic rings. The first-order valence-corrected chi connectivity index (χ1v) is 7.61. The maximum atomic E-state index is 12.2. The zero-order valence-corrected chi connectivity index (χ0v) is 12.9. The van der Waals surface area contributed by atoms with Crippen molar-refractivity contribution >= 4 is 11.6 Å². The summed E-state index contributed by atoms with van der Waals surface area (Å²) >= 11 is 0. The van der Waals surface area contributed by atoms with Gasteiger partial charge in [-0.3, -0.25) is 4.79 Å². The summed E-state index contributed by atoms with van der Waals surface area (Å²) in [6.45, 7) is 3.96. The Labute approximate surface area is 131 Å². The molecule has 1 saturated carbocycles. The summed E-state index contributed by atoms with van der Waals surface area (Å²) in [6, 6.07) is 18.3. The summed E-state index contributed by atoms with van der Waals surface area (Å²) < 4.78 is 0. The van der Waals surface area contributed by atoms with E-state index < -0.39 is 0 Å². The normalized spacial score (nSPS) is 20.5. The van der Waals surface area contributed by atoms with Crippen LogP contribution in [0.15, 0.2) is 59.7 Å². The van der Waals surface area contributed by atoms with Crippen LogP contribution in [-0.4, -0.2) is 11.6 Å². The van der Waals surface area contributed by atoms with Gasteiger partial charge in [0.2, 0.25) is 5.91 Å². The maximum absolute atomic E-state index is 12.2. The van der Waals surface area contributed by atoms with Crippen molar-refractivity contribution in [1.82, 2.24) is 5.43 Å². The molecule has 0 bridgehead atoms. The molecule has 0 aromatic heterocycles. The monoisotopic (exact) mass is 292 g/mol. The van der Waals surface area contributed by atoms with E-state index in [0.717, 1.165) is 17.7 Å². The largest absolute Gasteiger partial charge is 0.273 e. The fourth-order valence-corrected chi connectivity index (χ4v) is 2.63. The highest BCUT2D eigenvalue weighted by atomic mass is 16.2. The summed E-state index contributed by atoms with van der Waals surface area (Å²) in [6.07, 6.45) is 0.912. The third-order valence-corrected chi connectivity index (χ3v) is 4.16. The van der Waals surface area contributed by atoms with E-state index in [2.05, 4.69) is 29.6 Å². The Bertz CT molecular complexity index is 689. The summed E-state index contributed by atoms with van der Waals surface area (Å²) in [5.41, 5.74) is 7.01. The van der Waals surface area contributed by atoms with Crippen molar-refractivity contribution in [2.45, 2.75) is 26.2 Å². The van der Waals surface area contributed by atoms with Crippen LogP contribution in [0.5, 0.6) is 0 Å². The number of carbonyl (C=O) groups is 1. The minimum atomic E-state index is 0.0142.